The van der Waals surface area contributed by atoms with Crippen molar-refractivity contribution in [1.82, 2.24) is 9.78 Å². The maximum Gasteiger partial charge on any atom is 0.416 e. The molecule has 20 heavy (non-hydrogen) atoms. The molecule has 0 radical (unpaired) electrons. The zero-order chi connectivity index (χ0) is 14.8. The average Bonchev–Trinajstić information content (AvgIpc) is 2.84. The van der Waals surface area contributed by atoms with Crippen molar-refractivity contribution in [3.05, 3.63) is 52.8 Å². The van der Waals surface area contributed by atoms with Crippen LogP contribution in [0.15, 0.2) is 41.6 Å². The van der Waals surface area contributed by atoms with Gasteiger partial charge in [0.25, 0.3) is 0 Å². The number of benzene rings is 1. The lowest BCUT2D eigenvalue weighted by Crippen LogP contribution is -2.07. The summed E-state index contributed by atoms with van der Waals surface area (Å²) in [6.07, 6.45) is 0.534. The van der Waals surface area contributed by atoms with Crippen LogP contribution in [0.5, 0.6) is 0 Å². The summed E-state index contributed by atoms with van der Waals surface area (Å²) in [5, 5.41) is 6.94. The van der Waals surface area contributed by atoms with Gasteiger partial charge in [0.15, 0.2) is 0 Å². The predicted molar refractivity (Wildman–Crippen MR) is 75.1 cm³/mol. The van der Waals surface area contributed by atoms with Gasteiger partial charge in [0.05, 0.1) is 11.8 Å². The molecule has 106 valence electrons. The van der Waals surface area contributed by atoms with Crippen molar-refractivity contribution in [3.8, 4) is 0 Å². The fourth-order valence-corrected chi connectivity index (χ4v) is 1.99. The Morgan fingerprint density at radius 2 is 2.15 bits per heavy atom. The summed E-state index contributed by atoms with van der Waals surface area (Å²) in [6, 6.07) is 3.48. The van der Waals surface area contributed by atoms with E-state index < -0.39 is 11.7 Å². The van der Waals surface area contributed by atoms with E-state index >= 15 is 0 Å². The molecule has 7 heteroatoms. The number of hydrogen-bond donors (Lipinski definition) is 1. The third-order valence-corrected chi connectivity index (χ3v) is 3.31. The Bertz CT molecular complexity index is 620. The van der Waals surface area contributed by atoms with E-state index in [1.54, 1.807) is 12.4 Å². The van der Waals surface area contributed by atoms with Gasteiger partial charge in [-0.25, -0.2) is 4.68 Å². The molecule has 1 N–H and O–H groups in total. The topological polar surface area (TPSA) is 29.9 Å². The van der Waals surface area contributed by atoms with E-state index in [0.717, 1.165) is 17.7 Å². The molecule has 0 aliphatic heterocycles. The molecular formula is C13H11BrF3N3. The molecule has 2 aromatic rings. The second-order valence-electron chi connectivity index (χ2n) is 4.06. The Morgan fingerprint density at radius 3 is 2.75 bits per heavy atom. The third kappa shape index (κ3) is 3.41. The van der Waals surface area contributed by atoms with Gasteiger partial charge in [-0.1, -0.05) is 6.58 Å². The van der Waals surface area contributed by atoms with Gasteiger partial charge in [-0.3, -0.25) is 0 Å². The first-order chi connectivity index (χ1) is 9.40. The van der Waals surface area contributed by atoms with Gasteiger partial charge >= 0.3 is 6.18 Å². The smallest absolute Gasteiger partial charge is 0.380 e. The third-order valence-electron chi connectivity index (χ3n) is 2.62. The van der Waals surface area contributed by atoms with Gasteiger partial charge in [-0.15, -0.1) is 0 Å². The molecule has 0 fully saturated rings. The van der Waals surface area contributed by atoms with E-state index in [9.17, 15) is 13.2 Å². The predicted octanol–water partition coefficient (Wildman–Crippen LogP) is 4.38. The van der Waals surface area contributed by atoms with Crippen molar-refractivity contribution < 1.29 is 13.2 Å². The fraction of sp³-hybridized carbons (Fsp3) is 0.154. The molecule has 1 aromatic heterocycles. The molecule has 0 aliphatic rings. The van der Waals surface area contributed by atoms with Crippen molar-refractivity contribution in [2.24, 2.45) is 0 Å². The Balaban J connectivity index is 2.14. The summed E-state index contributed by atoms with van der Waals surface area (Å²) in [5.41, 5.74) is 0.533. The molecule has 0 aliphatic carbocycles. The van der Waals surface area contributed by atoms with Crippen LogP contribution in [0.25, 0.3) is 6.20 Å². The highest BCUT2D eigenvalue weighted by Gasteiger charge is 2.30. The number of hydrogen-bond acceptors (Lipinski definition) is 2. The van der Waals surface area contributed by atoms with E-state index in [2.05, 4.69) is 32.9 Å². The molecule has 0 saturated heterocycles. The minimum atomic E-state index is -4.36. The Morgan fingerprint density at radius 1 is 1.40 bits per heavy atom. The Labute approximate surface area is 122 Å². The highest BCUT2D eigenvalue weighted by Crippen LogP contribution is 2.34. The molecule has 2 rings (SSSR count). The van der Waals surface area contributed by atoms with Crippen LogP contribution in [0.3, 0.4) is 0 Å². The fourth-order valence-electron chi connectivity index (χ4n) is 1.60. The van der Waals surface area contributed by atoms with Crippen LogP contribution in [-0.2, 0) is 12.7 Å². The standard InChI is InChI=1S/C13H11BrF3N3/c1-2-20-8-9(7-19-20)6-18-12-5-10(13(15,16)17)3-4-11(12)14/h2-5,7-8,18H,1,6H2. The maximum absolute atomic E-state index is 12.6. The van der Waals surface area contributed by atoms with E-state index in [0.29, 0.717) is 16.7 Å². The van der Waals surface area contributed by atoms with Crippen molar-refractivity contribution in [3.63, 3.8) is 0 Å². The summed E-state index contributed by atoms with van der Waals surface area (Å²) in [7, 11) is 0. The molecule has 0 saturated carbocycles. The van der Waals surface area contributed by atoms with Crippen molar-refractivity contribution in [2.45, 2.75) is 12.7 Å². The van der Waals surface area contributed by atoms with E-state index in [1.165, 1.54) is 16.9 Å². The number of aromatic nitrogens is 2. The first kappa shape index (κ1) is 14.6. The summed E-state index contributed by atoms with van der Waals surface area (Å²) in [6.45, 7) is 3.93. The molecule has 1 aromatic carbocycles. The van der Waals surface area contributed by atoms with Crippen LogP contribution < -0.4 is 5.32 Å². The first-order valence-electron chi connectivity index (χ1n) is 5.66. The van der Waals surface area contributed by atoms with Crippen molar-refractivity contribution in [1.29, 1.82) is 0 Å². The van der Waals surface area contributed by atoms with Crippen LogP contribution >= 0.6 is 15.9 Å². The molecule has 0 amide bonds. The molecule has 0 unspecified atom stereocenters. The van der Waals surface area contributed by atoms with Crippen LogP contribution in [0.2, 0.25) is 0 Å². The SMILES string of the molecule is C=Cn1cc(CNc2cc(C(F)(F)F)ccc2Br)cn1. The zero-order valence-electron chi connectivity index (χ0n) is 10.3. The quantitative estimate of drug-likeness (QED) is 0.891. The maximum atomic E-state index is 12.6. The lowest BCUT2D eigenvalue weighted by atomic mass is 10.2. The summed E-state index contributed by atoms with van der Waals surface area (Å²) in [5.74, 6) is 0. The molecule has 1 heterocycles. The van der Waals surface area contributed by atoms with Gasteiger partial charge in [-0.05, 0) is 34.1 Å². The average molecular weight is 346 g/mol. The molecule has 0 atom stereocenters. The summed E-state index contributed by atoms with van der Waals surface area (Å²) < 4.78 is 40.0. The normalized spacial score (nSPS) is 11.4. The molecule has 3 nitrogen and oxygen atoms in total. The highest BCUT2D eigenvalue weighted by atomic mass is 79.9. The van der Waals surface area contributed by atoms with E-state index in [4.69, 9.17) is 0 Å². The monoisotopic (exact) mass is 345 g/mol. The van der Waals surface area contributed by atoms with Gasteiger partial charge in [0, 0.05) is 34.7 Å². The second-order valence-corrected chi connectivity index (χ2v) is 4.91. The number of halogens is 4. The Hall–Kier alpha value is -1.76. The number of nitrogens with zero attached hydrogens (tertiary/aromatic N) is 2. The van der Waals surface area contributed by atoms with Crippen LogP contribution in [-0.4, -0.2) is 9.78 Å². The highest BCUT2D eigenvalue weighted by molar-refractivity contribution is 9.10. The van der Waals surface area contributed by atoms with E-state index in [-0.39, 0.29) is 0 Å². The number of anilines is 1. The number of alkyl halides is 3. The van der Waals surface area contributed by atoms with Gasteiger partial charge in [0.1, 0.15) is 0 Å². The molecule has 0 bridgehead atoms. The van der Waals surface area contributed by atoms with Crippen molar-refractivity contribution in [2.75, 3.05) is 5.32 Å². The zero-order valence-corrected chi connectivity index (χ0v) is 11.9. The minimum Gasteiger partial charge on any atom is -0.380 e. The molecular weight excluding hydrogens is 335 g/mol. The van der Waals surface area contributed by atoms with Crippen LogP contribution in [0.1, 0.15) is 11.1 Å². The van der Waals surface area contributed by atoms with Gasteiger partial charge in [0.2, 0.25) is 0 Å². The summed E-state index contributed by atoms with van der Waals surface area (Å²) >= 11 is 3.22. The summed E-state index contributed by atoms with van der Waals surface area (Å²) in [4.78, 5) is 0. The minimum absolute atomic E-state index is 0.369. The number of rotatable bonds is 4. The lowest BCUT2D eigenvalue weighted by molar-refractivity contribution is -0.137. The second kappa shape index (κ2) is 5.70. The number of nitrogens with one attached hydrogen (secondary N) is 1. The first-order valence-corrected chi connectivity index (χ1v) is 6.45. The lowest BCUT2D eigenvalue weighted by Gasteiger charge is -2.12. The van der Waals surface area contributed by atoms with Gasteiger partial charge < -0.3 is 5.32 Å². The van der Waals surface area contributed by atoms with Gasteiger partial charge in [-0.2, -0.15) is 18.3 Å². The Kier molecular flexibility index (Phi) is 4.17. The van der Waals surface area contributed by atoms with E-state index in [1.807, 2.05) is 0 Å². The van der Waals surface area contributed by atoms with Crippen LogP contribution in [0, 0.1) is 0 Å². The molecule has 0 spiro atoms. The largest absolute Gasteiger partial charge is 0.416 e. The van der Waals surface area contributed by atoms with Crippen molar-refractivity contribution >= 4 is 27.8 Å². The van der Waals surface area contributed by atoms with Crippen LogP contribution in [0.4, 0.5) is 18.9 Å².